The third-order valence-electron chi connectivity index (χ3n) is 13.4. The summed E-state index contributed by atoms with van der Waals surface area (Å²) in [6.07, 6.45) is 13.0. The fourth-order valence-corrected chi connectivity index (χ4v) is 10.8. The minimum Gasteiger partial charge on any atom is -0.744 e. The number of amides is 1. The summed E-state index contributed by atoms with van der Waals surface area (Å²) in [5, 5.41) is 6.65. The van der Waals surface area contributed by atoms with Gasteiger partial charge in [-0.15, -0.1) is 0 Å². The maximum atomic E-state index is 12.3. The molecule has 71 heavy (non-hydrogen) atoms. The number of hydrogen-bond acceptors (Lipinski definition) is 10. The van der Waals surface area contributed by atoms with Crippen molar-refractivity contribution < 1.29 is 49.0 Å². The summed E-state index contributed by atoms with van der Waals surface area (Å²) < 4.78 is 82.9. The maximum Gasteiger partial charge on any atom is 0.407 e. The van der Waals surface area contributed by atoms with Crippen molar-refractivity contribution in [1.29, 1.82) is 0 Å². The molecule has 2 aliphatic heterocycles. The zero-order chi connectivity index (χ0) is 52.5. The van der Waals surface area contributed by atoms with Gasteiger partial charge < -0.3 is 38.3 Å². The standard InChI is InChI=1S/C55H76N6O8S2/c1-53(2,3)69-52(62)56-32-31-39-19-23-42(24-20-39)57-51-40(21-29-49-54(4,5)45-37-43(70(63,64)65)25-27-47(45)58(49)33-15-35-60(8,9)10)17-14-18-41(51)22-30-50-55(6,7)46-38-44(71(66,67)68)26-28-48(46)59(50)34-16-36-61(11,12)13/h19-30,37-38H,14-18,31-36H2,1-13H3,(H-2,56,62,63,64,65,66,67,68)/p+1/b40-21+,49-29+. The van der Waals surface area contributed by atoms with Crippen LogP contribution in [0.15, 0.2) is 117 Å². The Bertz CT molecular complexity index is 2890. The van der Waals surface area contributed by atoms with Crippen LogP contribution in [-0.4, -0.2) is 132 Å². The molecule has 0 aromatic heterocycles. The van der Waals surface area contributed by atoms with Crippen molar-refractivity contribution in [2.24, 2.45) is 0 Å². The molecule has 14 nitrogen and oxygen atoms in total. The lowest BCUT2D eigenvalue weighted by Crippen LogP contribution is -2.37. The Hall–Kier alpha value is -5.10. The molecule has 0 unspecified atom stereocenters. The normalized spacial score (nSPS) is 18.4. The maximum absolute atomic E-state index is 12.3. The van der Waals surface area contributed by atoms with Crippen LogP contribution in [0, 0.1) is 0 Å². The minimum atomic E-state index is -4.68. The van der Waals surface area contributed by atoms with E-state index in [9.17, 15) is 30.7 Å². The van der Waals surface area contributed by atoms with Crippen LogP contribution in [0.2, 0.25) is 0 Å². The summed E-state index contributed by atoms with van der Waals surface area (Å²) in [6, 6.07) is 17.6. The van der Waals surface area contributed by atoms with Crippen LogP contribution < -0.4 is 15.5 Å². The summed E-state index contributed by atoms with van der Waals surface area (Å²) in [5.74, 6) is 0. The predicted molar refractivity (Wildman–Crippen MR) is 281 cm³/mol. The zero-order valence-electron chi connectivity index (χ0n) is 44.2. The summed E-state index contributed by atoms with van der Waals surface area (Å²) in [6.45, 7) is 17.5. The van der Waals surface area contributed by atoms with Crippen molar-refractivity contribution in [3.63, 3.8) is 0 Å². The van der Waals surface area contributed by atoms with Crippen LogP contribution in [0.4, 0.5) is 21.9 Å². The smallest absolute Gasteiger partial charge is 0.407 e. The first-order valence-electron chi connectivity index (χ1n) is 24.6. The molecule has 0 spiro atoms. The van der Waals surface area contributed by atoms with Crippen LogP contribution in [0.25, 0.3) is 0 Å². The molecule has 386 valence electrons. The van der Waals surface area contributed by atoms with E-state index in [2.05, 4.69) is 114 Å². The average Bonchev–Trinajstić information content (AvgIpc) is 3.58. The van der Waals surface area contributed by atoms with Gasteiger partial charge in [-0.1, -0.05) is 38.1 Å². The number of nitrogens with zero attached hydrogens (tertiary/aromatic N) is 4. The van der Waals surface area contributed by atoms with Crippen molar-refractivity contribution in [3.8, 4) is 0 Å². The highest BCUT2D eigenvalue weighted by Gasteiger charge is 2.45. The third-order valence-corrected chi connectivity index (χ3v) is 15.1. The first-order valence-corrected chi connectivity index (χ1v) is 27.5. The number of fused-ring (bicyclic) bond motifs is 2. The van der Waals surface area contributed by atoms with E-state index in [1.807, 2.05) is 45.0 Å². The molecule has 1 aliphatic carbocycles. The number of benzene rings is 3. The topological polar surface area (TPSA) is 171 Å². The number of alkyl carbamates (subject to hydrolysis) is 1. The molecule has 0 fully saturated rings. The fraction of sp³-hybridized carbons (Fsp3) is 0.491. The van der Waals surface area contributed by atoms with E-state index in [-0.39, 0.29) is 9.79 Å². The van der Waals surface area contributed by atoms with Crippen molar-refractivity contribution in [2.45, 2.75) is 113 Å². The van der Waals surface area contributed by atoms with E-state index < -0.39 is 42.8 Å². The summed E-state index contributed by atoms with van der Waals surface area (Å²) in [7, 11) is 3.61. The third kappa shape index (κ3) is 13.9. The molecule has 1 amide bonds. The number of carbonyl (C=O) groups excluding carboxylic acids is 1. The minimum absolute atomic E-state index is 0.243. The van der Waals surface area contributed by atoms with Gasteiger partial charge in [-0.3, -0.25) is 0 Å². The number of carbonyl (C=O) groups is 1. The Labute approximate surface area is 424 Å². The van der Waals surface area contributed by atoms with Crippen LogP contribution in [-0.2, 0) is 42.2 Å². The number of quaternary nitrogens is 2. The number of ether oxygens (including phenoxy) is 1. The lowest BCUT2D eigenvalue weighted by molar-refractivity contribution is -0.871. The van der Waals surface area contributed by atoms with E-state index in [1.54, 1.807) is 24.3 Å². The van der Waals surface area contributed by atoms with E-state index >= 15 is 0 Å². The molecular formula is C55H77N6O8S2+. The molecule has 0 saturated carbocycles. The first-order chi connectivity index (χ1) is 32.7. The van der Waals surface area contributed by atoms with Gasteiger partial charge in [0.25, 0.3) is 0 Å². The fourth-order valence-electron chi connectivity index (χ4n) is 9.81. The van der Waals surface area contributed by atoms with Gasteiger partial charge >= 0.3 is 6.09 Å². The van der Waals surface area contributed by atoms with Gasteiger partial charge in [0.2, 0.25) is 5.69 Å². The molecule has 0 bridgehead atoms. The Balaban J connectivity index is 1.45. The second-order valence-electron chi connectivity index (χ2n) is 23.3. The molecule has 2 heterocycles. The molecule has 3 aromatic rings. The monoisotopic (exact) mass is 1010 g/mol. The average molecular weight is 1010 g/mol. The molecule has 3 aliphatic rings. The summed E-state index contributed by atoms with van der Waals surface area (Å²) in [5.41, 5.74) is 8.54. The lowest BCUT2D eigenvalue weighted by Gasteiger charge is -2.29. The van der Waals surface area contributed by atoms with Crippen molar-refractivity contribution in [3.05, 3.63) is 124 Å². The van der Waals surface area contributed by atoms with Gasteiger partial charge in [0.15, 0.2) is 12.3 Å². The quantitative estimate of drug-likeness (QED) is 0.0713. The molecule has 2 N–H and O–H groups in total. The highest BCUT2D eigenvalue weighted by atomic mass is 32.2. The summed E-state index contributed by atoms with van der Waals surface area (Å²) in [4.78, 5) is 14.1. The van der Waals surface area contributed by atoms with Crippen molar-refractivity contribution >= 4 is 49.1 Å². The van der Waals surface area contributed by atoms with E-state index in [1.165, 1.54) is 12.1 Å². The van der Waals surface area contributed by atoms with E-state index in [4.69, 9.17) is 4.74 Å². The Morgan fingerprint density at radius 3 is 2.00 bits per heavy atom. The van der Waals surface area contributed by atoms with Gasteiger partial charge in [-0.05, 0) is 131 Å². The largest absolute Gasteiger partial charge is 0.744 e. The van der Waals surface area contributed by atoms with Gasteiger partial charge in [-0.2, -0.15) is 4.58 Å². The number of hydrogen-bond donors (Lipinski definition) is 2. The molecule has 0 saturated heterocycles. The van der Waals surface area contributed by atoms with Gasteiger partial charge in [0.1, 0.15) is 25.8 Å². The second-order valence-corrected chi connectivity index (χ2v) is 26.0. The first kappa shape index (κ1) is 55.2. The summed E-state index contributed by atoms with van der Waals surface area (Å²) >= 11 is 0. The lowest BCUT2D eigenvalue weighted by atomic mass is 9.81. The van der Waals surface area contributed by atoms with Crippen LogP contribution in [0.3, 0.4) is 0 Å². The van der Waals surface area contributed by atoms with Crippen LogP contribution in [0.5, 0.6) is 0 Å². The molecule has 0 radical (unpaired) electrons. The number of nitrogens with one attached hydrogen (secondary N) is 2. The molecule has 0 atom stereocenters. The van der Waals surface area contributed by atoms with Crippen LogP contribution >= 0.6 is 0 Å². The zero-order valence-corrected chi connectivity index (χ0v) is 45.9. The molecule has 3 aromatic carbocycles. The molecule has 16 heteroatoms. The SMILES string of the molecule is CC(C)(C)OC(=O)NCCc1ccc(NC2=C(/C=C/C3=[N+](CCC[N+](C)(C)C)c4ccc(S(=O)(=O)[O-])cc4C3(C)C)CCC/C2=C\C=C2\N(CCC[N+](C)(C)C)c3ccc(S(=O)(=O)[O-])cc3C2(C)C)cc1. The van der Waals surface area contributed by atoms with Gasteiger partial charge in [-0.25, -0.2) is 21.6 Å². The van der Waals surface area contributed by atoms with E-state index in [0.717, 1.165) is 116 Å². The number of rotatable bonds is 18. The molecular weight excluding hydrogens is 937 g/mol. The van der Waals surface area contributed by atoms with Gasteiger partial charge in [0.05, 0.1) is 77.0 Å². The Morgan fingerprint density at radius 1 is 0.789 bits per heavy atom. The Morgan fingerprint density at radius 2 is 1.39 bits per heavy atom. The van der Waals surface area contributed by atoms with E-state index in [0.29, 0.717) is 26.1 Å². The number of allylic oxidation sites excluding steroid dienone is 7. The predicted octanol–water partition coefficient (Wildman–Crippen LogP) is 8.85. The Kier molecular flexibility index (Phi) is 16.2. The number of anilines is 2. The van der Waals surface area contributed by atoms with Gasteiger partial charge in [0, 0.05) is 65.4 Å². The highest BCUT2D eigenvalue weighted by molar-refractivity contribution is 7.86. The second kappa shape index (κ2) is 20.8. The molecule has 6 rings (SSSR count). The van der Waals surface area contributed by atoms with Crippen molar-refractivity contribution in [2.75, 3.05) is 85.2 Å². The van der Waals surface area contributed by atoms with Crippen molar-refractivity contribution in [1.82, 2.24) is 5.32 Å². The van der Waals surface area contributed by atoms with Crippen LogP contribution in [0.1, 0.15) is 97.3 Å². The highest BCUT2D eigenvalue weighted by Crippen LogP contribution is 2.49.